The van der Waals surface area contributed by atoms with E-state index in [1.54, 1.807) is 18.7 Å². The van der Waals surface area contributed by atoms with Crippen LogP contribution in [-0.2, 0) is 25.7 Å². The van der Waals surface area contributed by atoms with Crippen molar-refractivity contribution in [2.75, 3.05) is 6.54 Å². The number of esters is 1. The summed E-state index contributed by atoms with van der Waals surface area (Å²) in [5.41, 5.74) is 1.74. The molecule has 0 spiro atoms. The quantitative estimate of drug-likeness (QED) is 0.258. The number of hydrogen-bond acceptors (Lipinski definition) is 6. The highest BCUT2D eigenvalue weighted by atomic mass is 16.5. The molecule has 7 rings (SSSR count). The van der Waals surface area contributed by atoms with Crippen LogP contribution in [0, 0.1) is 56.2 Å². The fourth-order valence-corrected chi connectivity index (χ4v) is 13.8. The van der Waals surface area contributed by atoms with E-state index in [0.29, 0.717) is 30.4 Å². The molecule has 4 fully saturated rings. The van der Waals surface area contributed by atoms with E-state index in [1.165, 1.54) is 5.57 Å². The molecule has 53 heavy (non-hydrogen) atoms. The van der Waals surface area contributed by atoms with E-state index in [4.69, 9.17) is 4.74 Å². The van der Waals surface area contributed by atoms with Gasteiger partial charge < -0.3 is 19.8 Å². The van der Waals surface area contributed by atoms with E-state index >= 15 is 0 Å². The average Bonchev–Trinajstić information content (AvgIpc) is 3.56. The second-order valence-corrected chi connectivity index (χ2v) is 20.4. The zero-order valence-corrected chi connectivity index (χ0v) is 33.6. The highest BCUT2D eigenvalue weighted by Gasteiger charge is 2.71. The predicted molar refractivity (Wildman–Crippen MR) is 203 cm³/mol. The first-order valence-electron chi connectivity index (χ1n) is 20.4. The maximum absolute atomic E-state index is 14.1. The summed E-state index contributed by atoms with van der Waals surface area (Å²) in [4.78, 5) is 54.2. The Morgan fingerprint density at radius 1 is 0.925 bits per heavy atom. The van der Waals surface area contributed by atoms with Crippen molar-refractivity contribution in [3.05, 3.63) is 46.5 Å². The minimum Gasteiger partial charge on any atom is -0.481 e. The Morgan fingerprint density at radius 3 is 2.28 bits per heavy atom. The number of benzene rings is 1. The van der Waals surface area contributed by atoms with Crippen molar-refractivity contribution in [3.63, 3.8) is 0 Å². The van der Waals surface area contributed by atoms with E-state index in [-0.39, 0.29) is 64.3 Å². The smallest absolute Gasteiger partial charge is 0.309 e. The molecule has 1 heterocycles. The number of carbonyl (C=O) groups excluding carboxylic acids is 3. The summed E-state index contributed by atoms with van der Waals surface area (Å²) in [5.74, 6) is -0.243. The van der Waals surface area contributed by atoms with Crippen LogP contribution in [0.25, 0.3) is 0 Å². The molecule has 2 N–H and O–H groups in total. The van der Waals surface area contributed by atoms with E-state index in [1.807, 2.05) is 24.3 Å². The number of aliphatic hydroxyl groups is 1. The number of ether oxygens (including phenoxy) is 1. The molecule has 0 saturated heterocycles. The first-order valence-corrected chi connectivity index (χ1v) is 20.4. The number of β-amino-alcohol motifs (C(OH)–C–C–N with tert-alkyl or cyclic N) is 1. The summed E-state index contributed by atoms with van der Waals surface area (Å²) < 4.78 is 6.16. The first-order chi connectivity index (χ1) is 24.6. The van der Waals surface area contributed by atoms with Crippen molar-refractivity contribution < 1.29 is 34.1 Å². The molecule has 0 bridgehead atoms. The van der Waals surface area contributed by atoms with Crippen LogP contribution in [0.15, 0.2) is 35.4 Å². The fraction of sp³-hybridized carbons (Fsp3) is 0.733. The molecule has 1 aromatic carbocycles. The largest absolute Gasteiger partial charge is 0.481 e. The Kier molecular flexibility index (Phi) is 9.04. The number of carboxylic acids is 1. The summed E-state index contributed by atoms with van der Waals surface area (Å²) in [7, 11) is 0. The maximum Gasteiger partial charge on any atom is 0.309 e. The van der Waals surface area contributed by atoms with Crippen LogP contribution in [0.1, 0.15) is 142 Å². The summed E-state index contributed by atoms with van der Waals surface area (Å²) in [6, 6.07) is 7.70. The summed E-state index contributed by atoms with van der Waals surface area (Å²) >= 11 is 0. The van der Waals surface area contributed by atoms with Crippen molar-refractivity contribution >= 4 is 23.6 Å². The fourth-order valence-electron chi connectivity index (χ4n) is 13.8. The van der Waals surface area contributed by atoms with E-state index in [2.05, 4.69) is 48.5 Å². The molecule has 290 valence electrons. The van der Waals surface area contributed by atoms with Gasteiger partial charge >= 0.3 is 11.9 Å². The lowest BCUT2D eigenvalue weighted by atomic mass is 9.33. The van der Waals surface area contributed by atoms with E-state index in [0.717, 1.165) is 62.5 Å². The number of allylic oxidation sites excluding steroid dienone is 1. The maximum atomic E-state index is 14.1. The number of Topliss-reactive ketones (excluding diaryl/α,β-unsaturated/α-hetero) is 1. The summed E-state index contributed by atoms with van der Waals surface area (Å²) in [6.45, 7) is 20.2. The van der Waals surface area contributed by atoms with Gasteiger partial charge in [-0.2, -0.15) is 0 Å². The van der Waals surface area contributed by atoms with Gasteiger partial charge in [0.05, 0.1) is 17.9 Å². The van der Waals surface area contributed by atoms with Crippen LogP contribution >= 0.6 is 0 Å². The van der Waals surface area contributed by atoms with E-state index < -0.39 is 28.9 Å². The molecule has 0 aromatic heterocycles. The van der Waals surface area contributed by atoms with Crippen molar-refractivity contribution in [1.82, 2.24) is 4.90 Å². The minimum atomic E-state index is -1.18. The second kappa shape index (κ2) is 12.5. The van der Waals surface area contributed by atoms with Crippen molar-refractivity contribution in [2.45, 2.75) is 145 Å². The first kappa shape index (κ1) is 38.3. The SMILES string of the molecule is CC(C)C1=C2[C@H]3CC[C@@H]4[C@@]5(C)CC[C@@H](OC(=O)CC(C)(C)C(=O)O)C(C)(C)[C@@H]5CC[C@@]4(C)[C@]3(C)CC[C@@]2([C@@H](O)CN2Cc3ccccc3C2=O)CC1=O. The molecule has 5 aliphatic carbocycles. The Balaban J connectivity index is 1.17. The number of hydrogen-bond donors (Lipinski definition) is 2. The Hall–Kier alpha value is -3.00. The Bertz CT molecular complexity index is 1760. The normalized spacial score (nSPS) is 38.1. The van der Waals surface area contributed by atoms with Crippen molar-refractivity contribution in [3.8, 4) is 0 Å². The van der Waals surface area contributed by atoms with Crippen LogP contribution in [-0.4, -0.2) is 57.5 Å². The number of fused-ring (bicyclic) bond motifs is 8. The third kappa shape index (κ3) is 5.44. The van der Waals surface area contributed by atoms with Crippen LogP contribution in [0.4, 0.5) is 0 Å². The Labute approximate surface area is 316 Å². The molecular weight excluding hydrogens is 666 g/mol. The lowest BCUT2D eigenvalue weighted by Crippen LogP contribution is -2.66. The number of amides is 1. The second-order valence-electron chi connectivity index (χ2n) is 20.4. The van der Waals surface area contributed by atoms with Gasteiger partial charge in [0, 0.05) is 35.9 Å². The highest BCUT2D eigenvalue weighted by Crippen LogP contribution is 2.77. The molecule has 0 radical (unpaired) electrons. The van der Waals surface area contributed by atoms with Gasteiger partial charge in [0.2, 0.25) is 0 Å². The number of carboxylic acid groups (broad SMARTS) is 1. The molecule has 9 atom stereocenters. The van der Waals surface area contributed by atoms with Gasteiger partial charge in [-0.25, -0.2) is 0 Å². The molecule has 6 aliphatic rings. The third-order valence-electron chi connectivity index (χ3n) is 16.8. The average molecular weight is 730 g/mol. The number of carbonyl (C=O) groups is 4. The molecule has 1 aliphatic heterocycles. The number of rotatable bonds is 8. The molecule has 8 nitrogen and oxygen atoms in total. The van der Waals surface area contributed by atoms with Crippen LogP contribution in [0.3, 0.4) is 0 Å². The van der Waals surface area contributed by atoms with Gasteiger partial charge in [-0.3, -0.25) is 19.2 Å². The van der Waals surface area contributed by atoms with Crippen LogP contribution in [0.2, 0.25) is 0 Å². The highest BCUT2D eigenvalue weighted by molar-refractivity contribution is 6.01. The standard InChI is InChI=1S/C45H63NO7/c1-26(2)36-30(47)22-45(33(48)25-46-24-27-12-10-11-13-28(27)38(46)50)21-20-43(8)29(37(36)45)14-15-32-42(7)18-17-34(53-35(49)23-40(3,4)39(51)52)41(5,6)31(42)16-19-44(32,43)9/h10-13,26,29,31-34,48H,14-25H2,1-9H3,(H,51,52)/t29-,31+,32-,33+,34-,42+,43-,44-,45+/m1/s1. The molecule has 0 unspecified atom stereocenters. The zero-order valence-electron chi connectivity index (χ0n) is 33.6. The van der Waals surface area contributed by atoms with Crippen molar-refractivity contribution in [2.24, 2.45) is 56.2 Å². The topological polar surface area (TPSA) is 121 Å². The van der Waals surface area contributed by atoms with Gasteiger partial charge in [-0.15, -0.1) is 0 Å². The van der Waals surface area contributed by atoms with Gasteiger partial charge in [-0.05, 0) is 122 Å². The van der Waals surface area contributed by atoms with Gasteiger partial charge in [0.25, 0.3) is 5.91 Å². The van der Waals surface area contributed by atoms with Gasteiger partial charge in [0.15, 0.2) is 5.78 Å². The summed E-state index contributed by atoms with van der Waals surface area (Å²) in [6.07, 6.45) is 6.59. The van der Waals surface area contributed by atoms with Gasteiger partial charge in [-0.1, -0.05) is 72.2 Å². The molecular formula is C45H63NO7. The lowest BCUT2D eigenvalue weighted by molar-refractivity contribution is -0.235. The third-order valence-corrected chi connectivity index (χ3v) is 16.8. The Morgan fingerprint density at radius 2 is 1.62 bits per heavy atom. The zero-order chi connectivity index (χ0) is 38.7. The molecule has 8 heteroatoms. The van der Waals surface area contributed by atoms with Gasteiger partial charge in [0.1, 0.15) is 6.10 Å². The van der Waals surface area contributed by atoms with Crippen LogP contribution < -0.4 is 0 Å². The van der Waals surface area contributed by atoms with E-state index in [9.17, 15) is 29.4 Å². The number of ketones is 1. The number of nitrogens with zero attached hydrogens (tertiary/aromatic N) is 1. The van der Waals surface area contributed by atoms with Crippen molar-refractivity contribution in [1.29, 1.82) is 0 Å². The monoisotopic (exact) mass is 729 g/mol. The summed E-state index contributed by atoms with van der Waals surface area (Å²) in [5, 5.41) is 22.0. The van der Waals surface area contributed by atoms with Crippen LogP contribution in [0.5, 0.6) is 0 Å². The molecule has 1 amide bonds. The molecule has 1 aromatic rings. The number of aliphatic carboxylic acids is 1. The predicted octanol–water partition coefficient (Wildman–Crippen LogP) is 8.40. The molecule has 4 saturated carbocycles. The number of aliphatic hydroxyl groups excluding tert-OH is 1. The lowest BCUT2D eigenvalue weighted by Gasteiger charge is -2.72. The minimum absolute atomic E-state index is 0.0106.